The lowest BCUT2D eigenvalue weighted by Gasteiger charge is -2.19. The lowest BCUT2D eigenvalue weighted by atomic mass is 10.1. The number of benzene rings is 2. The molecule has 27 heavy (non-hydrogen) atoms. The zero-order valence-electron chi connectivity index (χ0n) is 16.2. The van der Waals surface area contributed by atoms with Gasteiger partial charge in [-0.1, -0.05) is 30.3 Å². The van der Waals surface area contributed by atoms with Gasteiger partial charge in [0.2, 0.25) is 0 Å². The summed E-state index contributed by atoms with van der Waals surface area (Å²) in [6.45, 7) is 5.54. The topological polar surface area (TPSA) is 58.6 Å². The second-order valence-electron chi connectivity index (χ2n) is 7.92. The first-order chi connectivity index (χ1) is 12.7. The highest BCUT2D eigenvalue weighted by molar-refractivity contribution is 6.05. The van der Waals surface area contributed by atoms with Crippen LogP contribution in [0.4, 0.5) is 10.5 Å². The van der Waals surface area contributed by atoms with Gasteiger partial charge in [0.15, 0.2) is 0 Å². The Morgan fingerprint density at radius 1 is 1.04 bits per heavy atom. The molecule has 1 aliphatic carbocycles. The number of rotatable bonds is 4. The third-order valence-electron chi connectivity index (χ3n) is 4.53. The summed E-state index contributed by atoms with van der Waals surface area (Å²) in [5, 5.41) is 2.90. The molecule has 142 valence electrons. The van der Waals surface area contributed by atoms with Crippen LogP contribution in [0.15, 0.2) is 54.6 Å². The second kappa shape index (κ2) is 7.43. The molecule has 0 heterocycles. The van der Waals surface area contributed by atoms with Crippen LogP contribution in [0.5, 0.6) is 0 Å². The molecule has 1 aliphatic rings. The van der Waals surface area contributed by atoms with E-state index in [0.717, 1.165) is 17.7 Å². The minimum Gasteiger partial charge on any atom is -0.444 e. The number of anilines is 1. The molecule has 0 spiro atoms. The Bertz CT molecular complexity index is 810. The van der Waals surface area contributed by atoms with Crippen LogP contribution in [0, 0.1) is 0 Å². The van der Waals surface area contributed by atoms with Crippen molar-refractivity contribution in [2.75, 3.05) is 11.9 Å². The zero-order valence-corrected chi connectivity index (χ0v) is 16.2. The lowest BCUT2D eigenvalue weighted by Crippen LogP contribution is -2.34. The fourth-order valence-corrected chi connectivity index (χ4v) is 3.02. The molecule has 0 unspecified atom stereocenters. The third-order valence-corrected chi connectivity index (χ3v) is 4.53. The van der Waals surface area contributed by atoms with E-state index >= 15 is 0 Å². The van der Waals surface area contributed by atoms with Crippen LogP contribution in [0.25, 0.3) is 0 Å². The molecule has 0 aliphatic heterocycles. The SMILES string of the molecule is CN(C(=O)c1ccc([C@@H]2C[C@H]2NC(=O)OC(C)(C)C)cc1)c1ccccc1. The highest BCUT2D eigenvalue weighted by Gasteiger charge is 2.40. The number of hydrogen-bond donors (Lipinski definition) is 1. The molecular weight excluding hydrogens is 340 g/mol. The molecule has 1 saturated carbocycles. The maximum atomic E-state index is 12.6. The van der Waals surface area contributed by atoms with Gasteiger partial charge in [0.25, 0.3) is 5.91 Å². The molecule has 2 atom stereocenters. The van der Waals surface area contributed by atoms with E-state index in [1.54, 1.807) is 11.9 Å². The molecule has 0 bridgehead atoms. The van der Waals surface area contributed by atoms with Gasteiger partial charge < -0.3 is 15.0 Å². The van der Waals surface area contributed by atoms with Crippen molar-refractivity contribution in [2.45, 2.75) is 44.8 Å². The van der Waals surface area contributed by atoms with Gasteiger partial charge in [0, 0.05) is 30.3 Å². The third kappa shape index (κ3) is 4.88. The van der Waals surface area contributed by atoms with E-state index in [1.807, 2.05) is 75.4 Å². The van der Waals surface area contributed by atoms with Crippen molar-refractivity contribution in [1.82, 2.24) is 5.32 Å². The smallest absolute Gasteiger partial charge is 0.407 e. The van der Waals surface area contributed by atoms with Crippen LogP contribution < -0.4 is 10.2 Å². The van der Waals surface area contributed by atoms with E-state index in [0.29, 0.717) is 5.56 Å². The van der Waals surface area contributed by atoms with Gasteiger partial charge in [-0.3, -0.25) is 4.79 Å². The maximum Gasteiger partial charge on any atom is 0.407 e. The fraction of sp³-hybridized carbons (Fsp3) is 0.364. The van der Waals surface area contributed by atoms with E-state index in [9.17, 15) is 9.59 Å². The maximum absolute atomic E-state index is 12.6. The van der Waals surface area contributed by atoms with Crippen molar-refractivity contribution >= 4 is 17.7 Å². The predicted octanol–water partition coefficient (Wildman–Crippen LogP) is 4.34. The van der Waals surface area contributed by atoms with E-state index in [2.05, 4.69) is 5.32 Å². The van der Waals surface area contributed by atoms with E-state index in [4.69, 9.17) is 4.74 Å². The average Bonchev–Trinajstić information content (AvgIpc) is 3.38. The zero-order chi connectivity index (χ0) is 19.6. The molecule has 0 saturated heterocycles. The van der Waals surface area contributed by atoms with Crippen LogP contribution in [-0.4, -0.2) is 30.7 Å². The van der Waals surface area contributed by atoms with Gasteiger partial charge >= 0.3 is 6.09 Å². The number of carbonyl (C=O) groups is 2. The Hall–Kier alpha value is -2.82. The minimum atomic E-state index is -0.499. The van der Waals surface area contributed by atoms with Gasteiger partial charge in [-0.05, 0) is 57.0 Å². The van der Waals surface area contributed by atoms with Gasteiger partial charge in [0.05, 0.1) is 0 Å². The van der Waals surface area contributed by atoms with Crippen molar-refractivity contribution in [3.63, 3.8) is 0 Å². The molecule has 1 N–H and O–H groups in total. The summed E-state index contributed by atoms with van der Waals surface area (Å²) in [4.78, 5) is 26.1. The van der Waals surface area contributed by atoms with Crippen LogP contribution >= 0.6 is 0 Å². The number of para-hydroxylation sites is 1. The van der Waals surface area contributed by atoms with E-state index in [-0.39, 0.29) is 24.0 Å². The predicted molar refractivity (Wildman–Crippen MR) is 106 cm³/mol. The quantitative estimate of drug-likeness (QED) is 0.875. The molecule has 2 aromatic rings. The fourth-order valence-electron chi connectivity index (χ4n) is 3.02. The van der Waals surface area contributed by atoms with Gasteiger partial charge in [-0.2, -0.15) is 0 Å². The van der Waals surface area contributed by atoms with Gasteiger partial charge in [0.1, 0.15) is 5.60 Å². The molecule has 5 heteroatoms. The summed E-state index contributed by atoms with van der Waals surface area (Å²) < 4.78 is 5.29. The first kappa shape index (κ1) is 19.0. The second-order valence-corrected chi connectivity index (χ2v) is 7.92. The Morgan fingerprint density at radius 2 is 1.67 bits per heavy atom. The number of amides is 2. The molecule has 2 amide bonds. The molecule has 0 radical (unpaired) electrons. The molecule has 0 aromatic heterocycles. The highest BCUT2D eigenvalue weighted by Crippen LogP contribution is 2.41. The Labute approximate surface area is 160 Å². The summed E-state index contributed by atoms with van der Waals surface area (Å²) in [5.74, 6) is 0.223. The molecule has 3 rings (SSSR count). The van der Waals surface area contributed by atoms with Crippen molar-refractivity contribution in [1.29, 1.82) is 0 Å². The summed E-state index contributed by atoms with van der Waals surface area (Å²) in [7, 11) is 1.77. The molecule has 2 aromatic carbocycles. The number of nitrogens with one attached hydrogen (secondary N) is 1. The van der Waals surface area contributed by atoms with Crippen molar-refractivity contribution in [2.24, 2.45) is 0 Å². The van der Waals surface area contributed by atoms with Crippen LogP contribution in [-0.2, 0) is 4.74 Å². The summed E-state index contributed by atoms with van der Waals surface area (Å²) >= 11 is 0. The number of alkyl carbamates (subject to hydrolysis) is 1. The van der Waals surface area contributed by atoms with E-state index in [1.165, 1.54) is 0 Å². The number of ether oxygens (including phenoxy) is 1. The first-order valence-electron chi connectivity index (χ1n) is 9.17. The van der Waals surface area contributed by atoms with E-state index < -0.39 is 5.60 Å². The molecule has 5 nitrogen and oxygen atoms in total. The normalized spacial score (nSPS) is 18.5. The summed E-state index contributed by atoms with van der Waals surface area (Å²) in [5.41, 5.74) is 2.12. The van der Waals surface area contributed by atoms with Crippen LogP contribution in [0.1, 0.15) is 49.0 Å². The Morgan fingerprint density at radius 3 is 2.26 bits per heavy atom. The largest absolute Gasteiger partial charge is 0.444 e. The van der Waals surface area contributed by atoms with Crippen molar-refractivity contribution in [3.05, 3.63) is 65.7 Å². The first-order valence-corrected chi connectivity index (χ1v) is 9.17. The van der Waals surface area contributed by atoms with Crippen LogP contribution in [0.3, 0.4) is 0 Å². The van der Waals surface area contributed by atoms with Gasteiger partial charge in [-0.25, -0.2) is 4.79 Å². The molecule has 1 fully saturated rings. The standard InChI is InChI=1S/C22H26N2O3/c1-22(2,3)27-21(26)23-19-14-18(19)15-10-12-16(13-11-15)20(25)24(4)17-8-6-5-7-9-17/h5-13,18-19H,14H2,1-4H3,(H,23,26)/t18-,19+/m0/s1. The minimum absolute atomic E-state index is 0.0491. The highest BCUT2D eigenvalue weighted by atomic mass is 16.6. The Kier molecular flexibility index (Phi) is 5.22. The number of hydrogen-bond acceptors (Lipinski definition) is 3. The monoisotopic (exact) mass is 366 g/mol. The number of nitrogens with zero attached hydrogens (tertiary/aromatic N) is 1. The van der Waals surface area contributed by atoms with Crippen molar-refractivity contribution in [3.8, 4) is 0 Å². The lowest BCUT2D eigenvalue weighted by molar-refractivity contribution is 0.0522. The summed E-state index contributed by atoms with van der Waals surface area (Å²) in [6, 6.07) is 17.3. The van der Waals surface area contributed by atoms with Crippen molar-refractivity contribution < 1.29 is 14.3 Å². The average molecular weight is 366 g/mol. The molecular formula is C22H26N2O3. The van der Waals surface area contributed by atoms with Crippen LogP contribution in [0.2, 0.25) is 0 Å². The van der Waals surface area contributed by atoms with Gasteiger partial charge in [-0.15, -0.1) is 0 Å². The number of carbonyl (C=O) groups excluding carboxylic acids is 2. The Balaban J connectivity index is 1.58. The summed E-state index contributed by atoms with van der Waals surface area (Å²) in [6.07, 6.45) is 0.502.